The molecule has 0 unspecified atom stereocenters. The molecule has 3 aromatic rings. The summed E-state index contributed by atoms with van der Waals surface area (Å²) in [6, 6.07) is 5.81. The normalized spacial score (nSPS) is 10.9. The molecule has 0 spiro atoms. The van der Waals surface area contributed by atoms with E-state index in [2.05, 4.69) is 32.7 Å². The van der Waals surface area contributed by atoms with Gasteiger partial charge in [-0.05, 0) is 40.8 Å². The maximum Gasteiger partial charge on any atom is 0.0726 e. The van der Waals surface area contributed by atoms with Crippen LogP contribution in [0.25, 0.3) is 16.5 Å². The van der Waals surface area contributed by atoms with Gasteiger partial charge in [0, 0.05) is 35.1 Å². The van der Waals surface area contributed by atoms with Crippen molar-refractivity contribution in [3.63, 3.8) is 0 Å². The van der Waals surface area contributed by atoms with Crippen LogP contribution >= 0.6 is 22.6 Å². The molecule has 2 heterocycles. The van der Waals surface area contributed by atoms with Crippen molar-refractivity contribution in [2.24, 2.45) is 0 Å². The summed E-state index contributed by atoms with van der Waals surface area (Å²) < 4.78 is 2.95. The van der Waals surface area contributed by atoms with Gasteiger partial charge in [0.05, 0.1) is 15.5 Å². The molecule has 0 saturated carbocycles. The van der Waals surface area contributed by atoms with Gasteiger partial charge in [-0.3, -0.25) is 4.98 Å². The fraction of sp³-hybridized carbons (Fsp3) is 0. The molecule has 17 heavy (non-hydrogen) atoms. The highest BCUT2D eigenvalue weighted by molar-refractivity contribution is 14.1. The molecule has 0 radical (unpaired) electrons. The first kappa shape index (κ1) is 10.5. The van der Waals surface area contributed by atoms with Crippen LogP contribution in [0.4, 0.5) is 5.69 Å². The Hall–Kier alpha value is -1.63. The average molecular weight is 336 g/mol. The van der Waals surface area contributed by atoms with Gasteiger partial charge in [-0.15, -0.1) is 0 Å². The van der Waals surface area contributed by atoms with Gasteiger partial charge in [-0.2, -0.15) is 5.10 Å². The van der Waals surface area contributed by atoms with E-state index in [9.17, 15) is 0 Å². The minimum absolute atomic E-state index is 0.735. The predicted octanol–water partition coefficient (Wildman–Crippen LogP) is 2.61. The summed E-state index contributed by atoms with van der Waals surface area (Å²) in [4.78, 5) is 4.10. The SMILES string of the molecule is Nc1ccc(-n2cc(I)cn2)c2ccncc12. The van der Waals surface area contributed by atoms with Gasteiger partial charge in [0.25, 0.3) is 0 Å². The van der Waals surface area contributed by atoms with Gasteiger partial charge >= 0.3 is 0 Å². The maximum atomic E-state index is 5.94. The molecule has 2 N–H and O–H groups in total. The molecule has 0 atom stereocenters. The highest BCUT2D eigenvalue weighted by Crippen LogP contribution is 2.26. The molecule has 0 fully saturated rings. The van der Waals surface area contributed by atoms with E-state index < -0.39 is 0 Å². The molecule has 2 aromatic heterocycles. The predicted molar refractivity (Wildman–Crippen MR) is 76.0 cm³/mol. The van der Waals surface area contributed by atoms with Gasteiger partial charge in [-0.25, -0.2) is 4.68 Å². The molecule has 3 rings (SSSR count). The average Bonchev–Trinajstić information content (AvgIpc) is 2.77. The van der Waals surface area contributed by atoms with Crippen molar-refractivity contribution in [1.29, 1.82) is 0 Å². The number of anilines is 1. The molecule has 1 aromatic carbocycles. The Balaban J connectivity index is 2.34. The molecule has 0 saturated heterocycles. The van der Waals surface area contributed by atoms with Crippen molar-refractivity contribution in [2.45, 2.75) is 0 Å². The zero-order chi connectivity index (χ0) is 11.8. The van der Waals surface area contributed by atoms with Crippen molar-refractivity contribution >= 4 is 39.1 Å². The lowest BCUT2D eigenvalue weighted by molar-refractivity contribution is 0.887. The van der Waals surface area contributed by atoms with Crippen LogP contribution in [0.5, 0.6) is 0 Å². The second-order valence-corrected chi connectivity index (χ2v) is 4.94. The highest BCUT2D eigenvalue weighted by Gasteiger charge is 2.06. The highest BCUT2D eigenvalue weighted by atomic mass is 127. The molecule has 0 aliphatic rings. The van der Waals surface area contributed by atoms with Crippen LogP contribution in [0, 0.1) is 3.57 Å². The van der Waals surface area contributed by atoms with Crippen LogP contribution in [0.3, 0.4) is 0 Å². The van der Waals surface area contributed by atoms with Gasteiger partial charge in [-0.1, -0.05) is 0 Å². The lowest BCUT2D eigenvalue weighted by Gasteiger charge is -2.08. The lowest BCUT2D eigenvalue weighted by Crippen LogP contribution is -1.97. The first-order valence-electron chi connectivity index (χ1n) is 5.08. The monoisotopic (exact) mass is 336 g/mol. The minimum Gasteiger partial charge on any atom is -0.398 e. The Bertz CT molecular complexity index is 690. The number of hydrogen-bond donors (Lipinski definition) is 1. The molecular weight excluding hydrogens is 327 g/mol. The van der Waals surface area contributed by atoms with Crippen LogP contribution in [-0.4, -0.2) is 14.8 Å². The van der Waals surface area contributed by atoms with Crippen LogP contribution in [0.2, 0.25) is 0 Å². The Morgan fingerprint density at radius 3 is 2.76 bits per heavy atom. The largest absolute Gasteiger partial charge is 0.398 e. The fourth-order valence-corrected chi connectivity index (χ4v) is 2.22. The fourth-order valence-electron chi connectivity index (χ4n) is 1.83. The Kier molecular flexibility index (Phi) is 2.47. The number of fused-ring (bicyclic) bond motifs is 1. The van der Waals surface area contributed by atoms with Gasteiger partial charge in [0.2, 0.25) is 0 Å². The smallest absolute Gasteiger partial charge is 0.0726 e. The molecule has 4 nitrogen and oxygen atoms in total. The summed E-state index contributed by atoms with van der Waals surface area (Å²) in [6.45, 7) is 0. The summed E-state index contributed by atoms with van der Waals surface area (Å²) in [7, 11) is 0. The summed E-state index contributed by atoms with van der Waals surface area (Å²) in [5.74, 6) is 0. The van der Waals surface area contributed by atoms with E-state index in [4.69, 9.17) is 5.73 Å². The van der Waals surface area contributed by atoms with Crippen molar-refractivity contribution in [1.82, 2.24) is 14.8 Å². The van der Waals surface area contributed by atoms with Crippen molar-refractivity contribution < 1.29 is 0 Å². The quantitative estimate of drug-likeness (QED) is 0.549. The van der Waals surface area contributed by atoms with E-state index in [1.54, 1.807) is 12.4 Å². The first-order chi connectivity index (χ1) is 8.25. The van der Waals surface area contributed by atoms with Crippen LogP contribution < -0.4 is 5.73 Å². The van der Waals surface area contributed by atoms with E-state index in [-0.39, 0.29) is 0 Å². The van der Waals surface area contributed by atoms with E-state index in [1.807, 2.05) is 35.3 Å². The molecule has 84 valence electrons. The zero-order valence-electron chi connectivity index (χ0n) is 8.84. The van der Waals surface area contributed by atoms with E-state index in [1.165, 1.54) is 0 Å². The number of hydrogen-bond acceptors (Lipinski definition) is 3. The lowest BCUT2D eigenvalue weighted by atomic mass is 10.1. The maximum absolute atomic E-state index is 5.94. The first-order valence-corrected chi connectivity index (χ1v) is 6.16. The van der Waals surface area contributed by atoms with Gasteiger partial charge in [0.15, 0.2) is 0 Å². The van der Waals surface area contributed by atoms with Gasteiger partial charge < -0.3 is 5.73 Å². The summed E-state index contributed by atoms with van der Waals surface area (Å²) in [5, 5.41) is 6.32. The zero-order valence-corrected chi connectivity index (χ0v) is 11.0. The summed E-state index contributed by atoms with van der Waals surface area (Å²) >= 11 is 2.24. The van der Waals surface area contributed by atoms with Crippen molar-refractivity contribution in [3.8, 4) is 5.69 Å². The molecule has 0 amide bonds. The third-order valence-electron chi connectivity index (χ3n) is 2.63. The van der Waals surface area contributed by atoms with Crippen molar-refractivity contribution in [2.75, 3.05) is 5.73 Å². The van der Waals surface area contributed by atoms with Crippen LogP contribution in [-0.2, 0) is 0 Å². The van der Waals surface area contributed by atoms with Crippen LogP contribution in [0.15, 0.2) is 43.0 Å². The molecule has 5 heteroatoms. The summed E-state index contributed by atoms with van der Waals surface area (Å²) in [5.41, 5.74) is 7.69. The van der Waals surface area contributed by atoms with Crippen molar-refractivity contribution in [3.05, 3.63) is 46.6 Å². The number of rotatable bonds is 1. The topological polar surface area (TPSA) is 56.7 Å². The molecule has 0 aliphatic carbocycles. The third kappa shape index (κ3) is 1.76. The molecule has 0 bridgehead atoms. The molecular formula is C12H9IN4. The number of nitrogens with two attached hydrogens (primary N) is 1. The van der Waals surface area contributed by atoms with E-state index in [0.717, 1.165) is 25.7 Å². The third-order valence-corrected chi connectivity index (χ3v) is 3.18. The van der Waals surface area contributed by atoms with Gasteiger partial charge in [0.1, 0.15) is 0 Å². The Morgan fingerprint density at radius 2 is 2.00 bits per heavy atom. The number of pyridine rings is 1. The second kappa shape index (κ2) is 3.99. The number of nitrogen functional groups attached to an aromatic ring is 1. The summed E-state index contributed by atoms with van der Waals surface area (Å²) in [6.07, 6.45) is 7.35. The molecule has 0 aliphatic heterocycles. The number of nitrogens with zero attached hydrogens (tertiary/aromatic N) is 3. The standard InChI is InChI=1S/C12H9IN4/c13-8-5-16-17(7-8)12-2-1-11(14)10-6-15-4-3-9(10)12/h1-7H,14H2. The number of benzene rings is 1. The number of halogens is 1. The Morgan fingerprint density at radius 1 is 1.12 bits per heavy atom. The number of aromatic nitrogens is 3. The van der Waals surface area contributed by atoms with Crippen LogP contribution in [0.1, 0.15) is 0 Å². The Labute approximate surface area is 112 Å². The van der Waals surface area contributed by atoms with E-state index in [0.29, 0.717) is 0 Å². The van der Waals surface area contributed by atoms with E-state index >= 15 is 0 Å². The second-order valence-electron chi connectivity index (χ2n) is 3.70. The minimum atomic E-state index is 0.735.